The minimum absolute atomic E-state index is 0.730. The topological polar surface area (TPSA) is 13.1 Å². The van der Waals surface area contributed by atoms with Crippen LogP contribution in [0.4, 0.5) is 0 Å². The van der Waals surface area contributed by atoms with E-state index in [9.17, 15) is 0 Å². The van der Waals surface area contributed by atoms with Gasteiger partial charge in [-0.15, -0.1) is 6.58 Å². The van der Waals surface area contributed by atoms with Crippen molar-refractivity contribution in [2.75, 3.05) is 0 Å². The lowest BCUT2D eigenvalue weighted by Gasteiger charge is -2.01. The molecule has 2 aromatic carbocycles. The van der Waals surface area contributed by atoms with Crippen molar-refractivity contribution in [3.8, 4) is 11.3 Å². The van der Waals surface area contributed by atoms with Gasteiger partial charge < -0.3 is 4.42 Å². The molecule has 20 heavy (non-hydrogen) atoms. The number of allylic oxidation sites excluding steroid dienone is 1. The Bertz CT molecular complexity index is 766. The summed E-state index contributed by atoms with van der Waals surface area (Å²) >= 11 is 5.92. The maximum Gasteiger partial charge on any atom is 0.138 e. The Hall–Kier alpha value is -1.99. The van der Waals surface area contributed by atoms with Crippen LogP contribution in [0.2, 0.25) is 5.02 Å². The summed E-state index contributed by atoms with van der Waals surface area (Å²) < 4.78 is 6.04. The van der Waals surface area contributed by atoms with Crippen LogP contribution in [0.5, 0.6) is 0 Å². The van der Waals surface area contributed by atoms with Gasteiger partial charge in [-0.25, -0.2) is 0 Å². The van der Waals surface area contributed by atoms with Crippen LogP contribution in [0.15, 0.2) is 59.5 Å². The summed E-state index contributed by atoms with van der Waals surface area (Å²) in [4.78, 5) is 0. The van der Waals surface area contributed by atoms with Gasteiger partial charge in [0.2, 0.25) is 0 Å². The van der Waals surface area contributed by atoms with Crippen molar-refractivity contribution in [3.05, 3.63) is 71.3 Å². The summed E-state index contributed by atoms with van der Waals surface area (Å²) in [6, 6.07) is 14.1. The number of hydrogen-bond donors (Lipinski definition) is 0. The third-order valence-corrected chi connectivity index (χ3v) is 3.58. The zero-order valence-electron chi connectivity index (χ0n) is 11.3. The van der Waals surface area contributed by atoms with E-state index < -0.39 is 0 Å². The summed E-state index contributed by atoms with van der Waals surface area (Å²) in [6.45, 7) is 5.91. The molecule has 0 N–H and O–H groups in total. The largest absolute Gasteiger partial charge is 0.456 e. The van der Waals surface area contributed by atoms with Gasteiger partial charge in [0.15, 0.2) is 0 Å². The van der Waals surface area contributed by atoms with Crippen LogP contribution in [-0.2, 0) is 6.42 Å². The number of hydrogen-bond acceptors (Lipinski definition) is 1. The summed E-state index contributed by atoms with van der Waals surface area (Å²) in [5.74, 6) is 0.868. The number of furan rings is 1. The van der Waals surface area contributed by atoms with Gasteiger partial charge in [0, 0.05) is 16.0 Å². The summed E-state index contributed by atoms with van der Waals surface area (Å²) in [6.07, 6.45) is 2.71. The van der Waals surface area contributed by atoms with E-state index in [1.54, 1.807) is 0 Å². The molecule has 0 saturated carbocycles. The van der Waals surface area contributed by atoms with Crippen molar-refractivity contribution in [3.63, 3.8) is 0 Å². The van der Waals surface area contributed by atoms with E-state index in [0.717, 1.165) is 33.7 Å². The van der Waals surface area contributed by atoms with Crippen molar-refractivity contribution >= 4 is 22.6 Å². The third-order valence-electron chi connectivity index (χ3n) is 3.33. The summed E-state index contributed by atoms with van der Waals surface area (Å²) in [5.41, 5.74) is 4.39. The maximum absolute atomic E-state index is 6.04. The monoisotopic (exact) mass is 282 g/mol. The minimum Gasteiger partial charge on any atom is -0.456 e. The van der Waals surface area contributed by atoms with Crippen molar-refractivity contribution < 1.29 is 4.42 Å². The highest BCUT2D eigenvalue weighted by molar-refractivity contribution is 6.30. The van der Waals surface area contributed by atoms with E-state index in [1.807, 2.05) is 30.3 Å². The van der Waals surface area contributed by atoms with Crippen LogP contribution in [0.3, 0.4) is 0 Å². The lowest BCUT2D eigenvalue weighted by atomic mass is 10.1. The maximum atomic E-state index is 6.04. The van der Waals surface area contributed by atoms with Crippen molar-refractivity contribution in [1.29, 1.82) is 0 Å². The molecule has 0 aliphatic carbocycles. The SMILES string of the molecule is C=CCc1cc(C)cc2cc(-c3ccc(Cl)cc3)oc12. The van der Waals surface area contributed by atoms with Crippen molar-refractivity contribution in [2.45, 2.75) is 13.3 Å². The molecule has 0 unspecified atom stereocenters. The number of benzene rings is 2. The van der Waals surface area contributed by atoms with Crippen LogP contribution in [0, 0.1) is 6.92 Å². The van der Waals surface area contributed by atoms with Crippen LogP contribution >= 0.6 is 11.6 Å². The first-order valence-corrected chi connectivity index (χ1v) is 6.95. The second-order valence-corrected chi connectivity index (χ2v) is 5.39. The van der Waals surface area contributed by atoms with Crippen molar-refractivity contribution in [2.24, 2.45) is 0 Å². The Morgan fingerprint density at radius 1 is 1.15 bits per heavy atom. The number of halogens is 1. The van der Waals surface area contributed by atoms with E-state index in [0.29, 0.717) is 0 Å². The lowest BCUT2D eigenvalue weighted by Crippen LogP contribution is -1.83. The predicted molar refractivity (Wildman–Crippen MR) is 85.3 cm³/mol. The highest BCUT2D eigenvalue weighted by Crippen LogP contribution is 2.31. The van der Waals surface area contributed by atoms with E-state index in [-0.39, 0.29) is 0 Å². The first-order valence-electron chi connectivity index (χ1n) is 6.57. The average Bonchev–Trinajstić information content (AvgIpc) is 2.83. The fraction of sp³-hybridized carbons (Fsp3) is 0.111. The molecule has 0 saturated heterocycles. The van der Waals surface area contributed by atoms with E-state index >= 15 is 0 Å². The molecule has 0 aliphatic heterocycles. The Morgan fingerprint density at radius 3 is 2.60 bits per heavy atom. The molecule has 0 bridgehead atoms. The van der Waals surface area contributed by atoms with E-state index in [1.165, 1.54) is 11.1 Å². The quantitative estimate of drug-likeness (QED) is 0.554. The van der Waals surface area contributed by atoms with Gasteiger partial charge in [-0.1, -0.05) is 23.7 Å². The van der Waals surface area contributed by atoms with Gasteiger partial charge in [0.25, 0.3) is 0 Å². The Kier molecular flexibility index (Phi) is 3.37. The summed E-state index contributed by atoms with van der Waals surface area (Å²) in [5, 5.41) is 1.86. The zero-order chi connectivity index (χ0) is 14.1. The molecule has 1 nitrogen and oxygen atoms in total. The number of fused-ring (bicyclic) bond motifs is 1. The van der Waals surface area contributed by atoms with E-state index in [2.05, 4.69) is 31.7 Å². The fourth-order valence-electron chi connectivity index (χ4n) is 2.45. The van der Waals surface area contributed by atoms with Gasteiger partial charge in [-0.3, -0.25) is 0 Å². The molecule has 0 atom stereocenters. The molecule has 0 fully saturated rings. The van der Waals surface area contributed by atoms with Gasteiger partial charge in [0.1, 0.15) is 11.3 Å². The first-order chi connectivity index (χ1) is 9.67. The van der Waals surface area contributed by atoms with Crippen LogP contribution < -0.4 is 0 Å². The average molecular weight is 283 g/mol. The van der Waals surface area contributed by atoms with Crippen molar-refractivity contribution in [1.82, 2.24) is 0 Å². The molecular weight excluding hydrogens is 268 g/mol. The molecule has 100 valence electrons. The first kappa shape index (κ1) is 13.0. The molecule has 0 amide bonds. The molecule has 0 aliphatic rings. The van der Waals surface area contributed by atoms with Crippen LogP contribution in [0.1, 0.15) is 11.1 Å². The molecule has 3 rings (SSSR count). The molecule has 3 aromatic rings. The van der Waals surface area contributed by atoms with E-state index in [4.69, 9.17) is 16.0 Å². The Labute approximate surface area is 123 Å². The zero-order valence-corrected chi connectivity index (χ0v) is 12.1. The Balaban J connectivity index is 2.16. The number of aryl methyl sites for hydroxylation is 1. The predicted octanol–water partition coefficient (Wildman–Crippen LogP) is 5.79. The van der Waals surface area contributed by atoms with Gasteiger partial charge in [0.05, 0.1) is 0 Å². The highest BCUT2D eigenvalue weighted by Gasteiger charge is 2.10. The van der Waals surface area contributed by atoms with Gasteiger partial charge in [-0.2, -0.15) is 0 Å². The standard InChI is InChI=1S/C18H15ClO/c1-3-4-14-9-12(2)10-15-11-17(20-18(14)15)13-5-7-16(19)8-6-13/h3,5-11H,1,4H2,2H3. The van der Waals surface area contributed by atoms with Gasteiger partial charge in [-0.05, 0) is 60.9 Å². The summed E-state index contributed by atoms with van der Waals surface area (Å²) in [7, 11) is 0. The molecule has 1 aromatic heterocycles. The number of rotatable bonds is 3. The lowest BCUT2D eigenvalue weighted by molar-refractivity contribution is 0.627. The molecule has 1 heterocycles. The molecule has 0 radical (unpaired) electrons. The second kappa shape index (κ2) is 5.18. The molecular formula is C18H15ClO. The molecule has 0 spiro atoms. The Morgan fingerprint density at radius 2 is 1.90 bits per heavy atom. The van der Waals surface area contributed by atoms with Gasteiger partial charge >= 0.3 is 0 Å². The minimum atomic E-state index is 0.730. The van der Waals surface area contributed by atoms with Crippen LogP contribution in [0.25, 0.3) is 22.3 Å². The smallest absolute Gasteiger partial charge is 0.138 e. The molecule has 2 heteroatoms. The van der Waals surface area contributed by atoms with Crippen LogP contribution in [-0.4, -0.2) is 0 Å². The highest BCUT2D eigenvalue weighted by atomic mass is 35.5. The fourth-order valence-corrected chi connectivity index (χ4v) is 2.58. The second-order valence-electron chi connectivity index (χ2n) is 4.95. The third kappa shape index (κ3) is 2.37. The normalized spacial score (nSPS) is 10.9.